The van der Waals surface area contributed by atoms with Gasteiger partial charge in [0.25, 0.3) is 0 Å². The number of esters is 1. The first kappa shape index (κ1) is 29.0. The molecule has 2 rings (SSSR count). The number of alkyl carbamates (subject to hydrolysis) is 1. The standard InChI is InChI=1S/C28H40N2O6/c1-27(2,3)35-25(31)23(30-26(32)36-28(4,5)6)15-16-29-18-21-12-8-9-14-24(21)34-19-20-11-10-13-22(17-20)33-7/h8-14,17,23,29H,15-16,18-19H2,1-7H3,(H,30,32)/t23-/m0/s1. The lowest BCUT2D eigenvalue weighted by Gasteiger charge is -2.26. The van der Waals surface area contributed by atoms with Gasteiger partial charge in [-0.3, -0.25) is 0 Å². The van der Waals surface area contributed by atoms with Crippen LogP contribution in [0.15, 0.2) is 48.5 Å². The molecule has 0 radical (unpaired) electrons. The molecule has 8 heteroatoms. The first-order valence-corrected chi connectivity index (χ1v) is 12.1. The predicted molar refractivity (Wildman–Crippen MR) is 139 cm³/mol. The van der Waals surface area contributed by atoms with E-state index in [-0.39, 0.29) is 0 Å². The van der Waals surface area contributed by atoms with Gasteiger partial charge in [0.15, 0.2) is 0 Å². The number of rotatable bonds is 11. The molecule has 0 aromatic heterocycles. The summed E-state index contributed by atoms with van der Waals surface area (Å²) in [6.07, 6.45) is -0.323. The van der Waals surface area contributed by atoms with Crippen LogP contribution in [0.5, 0.6) is 11.5 Å². The zero-order valence-corrected chi connectivity index (χ0v) is 22.5. The Morgan fingerprint density at radius 1 is 0.917 bits per heavy atom. The van der Waals surface area contributed by atoms with Crippen molar-refractivity contribution in [1.29, 1.82) is 0 Å². The number of carbonyl (C=O) groups is 2. The molecule has 0 aliphatic rings. The number of hydrogen-bond donors (Lipinski definition) is 2. The van der Waals surface area contributed by atoms with E-state index < -0.39 is 29.3 Å². The van der Waals surface area contributed by atoms with Crippen molar-refractivity contribution < 1.29 is 28.5 Å². The fraction of sp³-hybridized carbons (Fsp3) is 0.500. The van der Waals surface area contributed by atoms with Crippen LogP contribution >= 0.6 is 0 Å². The smallest absolute Gasteiger partial charge is 0.408 e. The normalized spacial score (nSPS) is 12.4. The number of nitrogens with one attached hydrogen (secondary N) is 2. The Bertz CT molecular complexity index is 994. The zero-order valence-electron chi connectivity index (χ0n) is 22.5. The highest BCUT2D eigenvalue weighted by atomic mass is 16.6. The molecule has 2 aromatic rings. The van der Waals surface area contributed by atoms with E-state index in [9.17, 15) is 9.59 Å². The third-order valence-electron chi connectivity index (χ3n) is 4.81. The predicted octanol–water partition coefficient (Wildman–Crippen LogP) is 4.99. The Kier molecular flexibility index (Phi) is 10.6. The first-order chi connectivity index (χ1) is 16.9. The number of para-hydroxylation sites is 1. The largest absolute Gasteiger partial charge is 0.497 e. The maximum absolute atomic E-state index is 12.7. The fourth-order valence-electron chi connectivity index (χ4n) is 3.26. The van der Waals surface area contributed by atoms with E-state index in [2.05, 4.69) is 10.6 Å². The molecule has 2 aromatic carbocycles. The highest BCUT2D eigenvalue weighted by Crippen LogP contribution is 2.21. The quantitative estimate of drug-likeness (QED) is 0.332. The molecule has 0 unspecified atom stereocenters. The summed E-state index contributed by atoms with van der Waals surface area (Å²) in [5.74, 6) is 1.05. The minimum atomic E-state index is -0.842. The van der Waals surface area contributed by atoms with Crippen molar-refractivity contribution in [3.8, 4) is 11.5 Å². The molecule has 0 heterocycles. The molecule has 2 N–H and O–H groups in total. The Morgan fingerprint density at radius 3 is 2.28 bits per heavy atom. The van der Waals surface area contributed by atoms with Crippen molar-refractivity contribution in [2.75, 3.05) is 13.7 Å². The molecule has 198 valence electrons. The number of hydrogen-bond acceptors (Lipinski definition) is 7. The summed E-state index contributed by atoms with van der Waals surface area (Å²) in [4.78, 5) is 25.0. The van der Waals surface area contributed by atoms with Gasteiger partial charge in [0.05, 0.1) is 7.11 Å². The molecule has 36 heavy (non-hydrogen) atoms. The second kappa shape index (κ2) is 13.2. The van der Waals surface area contributed by atoms with Crippen molar-refractivity contribution in [2.24, 2.45) is 0 Å². The summed E-state index contributed by atoms with van der Waals surface area (Å²) < 4.78 is 22.1. The van der Waals surface area contributed by atoms with Crippen LogP contribution in [-0.4, -0.2) is 43.0 Å². The van der Waals surface area contributed by atoms with Crippen molar-refractivity contribution in [1.82, 2.24) is 10.6 Å². The second-order valence-corrected chi connectivity index (χ2v) is 10.4. The lowest BCUT2D eigenvalue weighted by Crippen LogP contribution is -2.47. The molecular weight excluding hydrogens is 460 g/mol. The third-order valence-corrected chi connectivity index (χ3v) is 4.81. The zero-order chi connectivity index (χ0) is 26.8. The van der Waals surface area contributed by atoms with Gasteiger partial charge in [0.1, 0.15) is 35.3 Å². The van der Waals surface area contributed by atoms with E-state index in [0.29, 0.717) is 26.1 Å². The summed E-state index contributed by atoms with van der Waals surface area (Å²) in [7, 11) is 1.64. The van der Waals surface area contributed by atoms with Gasteiger partial charge in [-0.1, -0.05) is 30.3 Å². The average Bonchev–Trinajstić information content (AvgIpc) is 2.78. The maximum atomic E-state index is 12.7. The molecule has 0 saturated carbocycles. The number of ether oxygens (including phenoxy) is 4. The van der Waals surface area contributed by atoms with E-state index in [1.165, 1.54) is 0 Å². The molecular formula is C28H40N2O6. The van der Waals surface area contributed by atoms with Gasteiger partial charge in [-0.05, 0) is 78.3 Å². The van der Waals surface area contributed by atoms with Crippen LogP contribution in [0.25, 0.3) is 0 Å². The molecule has 8 nitrogen and oxygen atoms in total. The van der Waals surface area contributed by atoms with E-state index in [1.807, 2.05) is 48.5 Å². The summed E-state index contributed by atoms with van der Waals surface area (Å²) in [6, 6.07) is 14.7. The molecule has 1 atom stereocenters. The van der Waals surface area contributed by atoms with Crippen LogP contribution in [0.2, 0.25) is 0 Å². The highest BCUT2D eigenvalue weighted by Gasteiger charge is 2.28. The topological polar surface area (TPSA) is 95.1 Å². The van der Waals surface area contributed by atoms with Crippen molar-refractivity contribution in [3.63, 3.8) is 0 Å². The van der Waals surface area contributed by atoms with E-state index in [0.717, 1.165) is 22.6 Å². The van der Waals surface area contributed by atoms with Crippen molar-refractivity contribution in [3.05, 3.63) is 59.7 Å². The third kappa shape index (κ3) is 11.0. The number of amides is 1. The minimum absolute atomic E-state index is 0.334. The van der Waals surface area contributed by atoms with E-state index in [1.54, 1.807) is 48.7 Å². The van der Waals surface area contributed by atoms with Crippen LogP contribution in [-0.2, 0) is 27.4 Å². The molecule has 1 amide bonds. The molecule has 0 saturated heterocycles. The van der Waals surface area contributed by atoms with Gasteiger partial charge in [0.2, 0.25) is 0 Å². The van der Waals surface area contributed by atoms with Gasteiger partial charge in [-0.2, -0.15) is 0 Å². The van der Waals surface area contributed by atoms with Gasteiger partial charge in [-0.15, -0.1) is 0 Å². The first-order valence-electron chi connectivity index (χ1n) is 12.1. The lowest BCUT2D eigenvalue weighted by atomic mass is 10.1. The van der Waals surface area contributed by atoms with Crippen LogP contribution in [0, 0.1) is 0 Å². The summed E-state index contributed by atoms with van der Waals surface area (Å²) in [5, 5.41) is 5.97. The maximum Gasteiger partial charge on any atom is 0.408 e. The Labute approximate surface area is 214 Å². The molecule has 0 aliphatic heterocycles. The van der Waals surface area contributed by atoms with Gasteiger partial charge < -0.3 is 29.6 Å². The molecule has 0 fully saturated rings. The van der Waals surface area contributed by atoms with Gasteiger partial charge >= 0.3 is 12.1 Å². The van der Waals surface area contributed by atoms with E-state index >= 15 is 0 Å². The minimum Gasteiger partial charge on any atom is -0.497 e. The number of benzene rings is 2. The summed E-state index contributed by atoms with van der Waals surface area (Å²) >= 11 is 0. The van der Waals surface area contributed by atoms with Crippen LogP contribution < -0.4 is 20.1 Å². The molecule has 0 aliphatic carbocycles. The van der Waals surface area contributed by atoms with Crippen molar-refractivity contribution in [2.45, 2.75) is 78.4 Å². The monoisotopic (exact) mass is 500 g/mol. The van der Waals surface area contributed by atoms with Crippen molar-refractivity contribution >= 4 is 12.1 Å². The van der Waals surface area contributed by atoms with Crippen LogP contribution in [0.1, 0.15) is 59.1 Å². The molecule has 0 spiro atoms. The second-order valence-electron chi connectivity index (χ2n) is 10.4. The summed E-state index contributed by atoms with van der Waals surface area (Å²) in [6.45, 7) is 12.1. The average molecular weight is 501 g/mol. The Morgan fingerprint density at radius 2 is 1.61 bits per heavy atom. The van der Waals surface area contributed by atoms with Gasteiger partial charge in [-0.25, -0.2) is 9.59 Å². The molecule has 0 bridgehead atoms. The van der Waals surface area contributed by atoms with Crippen LogP contribution in [0.4, 0.5) is 4.79 Å². The Balaban J connectivity index is 1.95. The lowest BCUT2D eigenvalue weighted by molar-refractivity contribution is -0.157. The number of methoxy groups -OCH3 is 1. The fourth-order valence-corrected chi connectivity index (χ4v) is 3.26. The van der Waals surface area contributed by atoms with Crippen LogP contribution in [0.3, 0.4) is 0 Å². The van der Waals surface area contributed by atoms with E-state index in [4.69, 9.17) is 18.9 Å². The Hall–Kier alpha value is -3.26. The van der Waals surface area contributed by atoms with Gasteiger partial charge in [0, 0.05) is 12.1 Å². The summed E-state index contributed by atoms with van der Waals surface area (Å²) in [5.41, 5.74) is 0.646. The SMILES string of the molecule is COc1cccc(COc2ccccc2CNCC[C@H](NC(=O)OC(C)(C)C)C(=O)OC(C)(C)C)c1. The highest BCUT2D eigenvalue weighted by molar-refractivity contribution is 5.81. The number of carbonyl (C=O) groups excluding carboxylic acids is 2.